The van der Waals surface area contributed by atoms with E-state index < -0.39 is 0 Å². The maximum atomic E-state index is 12.6. The van der Waals surface area contributed by atoms with E-state index in [0.717, 1.165) is 44.8 Å². The molecule has 0 spiro atoms. The predicted octanol–water partition coefficient (Wildman–Crippen LogP) is 2.92. The lowest BCUT2D eigenvalue weighted by Gasteiger charge is -2.36. The standard InChI is InChI=1S/C18H26N2O2/c1-22-17-7-5-6-16(14-17)19-12-8-15(9-13-19)18(21)20-10-3-2-4-11-20/h5-7,14-15H,2-4,8-13H2,1H3. The van der Waals surface area contributed by atoms with Crippen molar-refractivity contribution in [2.45, 2.75) is 32.1 Å². The zero-order valence-electron chi connectivity index (χ0n) is 13.5. The summed E-state index contributed by atoms with van der Waals surface area (Å²) >= 11 is 0. The lowest BCUT2D eigenvalue weighted by Crippen LogP contribution is -2.44. The van der Waals surface area contributed by atoms with Crippen LogP contribution in [0.25, 0.3) is 0 Å². The number of likely N-dealkylation sites (tertiary alicyclic amines) is 1. The summed E-state index contributed by atoms with van der Waals surface area (Å²) in [5, 5.41) is 0. The number of carbonyl (C=O) groups excluding carboxylic acids is 1. The normalized spacial score (nSPS) is 20.0. The van der Waals surface area contributed by atoms with Gasteiger partial charge in [0.05, 0.1) is 7.11 Å². The topological polar surface area (TPSA) is 32.8 Å². The molecule has 1 aromatic rings. The van der Waals surface area contributed by atoms with Gasteiger partial charge in [0.2, 0.25) is 5.91 Å². The van der Waals surface area contributed by atoms with Gasteiger partial charge in [-0.1, -0.05) is 6.07 Å². The van der Waals surface area contributed by atoms with E-state index in [4.69, 9.17) is 4.74 Å². The van der Waals surface area contributed by atoms with Crippen LogP contribution in [0.15, 0.2) is 24.3 Å². The zero-order chi connectivity index (χ0) is 15.4. The maximum Gasteiger partial charge on any atom is 0.225 e. The van der Waals surface area contributed by atoms with Crippen LogP contribution in [0.5, 0.6) is 5.75 Å². The molecule has 2 heterocycles. The van der Waals surface area contributed by atoms with Crippen molar-refractivity contribution in [1.29, 1.82) is 0 Å². The molecular weight excluding hydrogens is 276 g/mol. The molecule has 2 aliphatic heterocycles. The molecule has 1 aromatic carbocycles. The second kappa shape index (κ2) is 7.03. The Morgan fingerprint density at radius 3 is 2.50 bits per heavy atom. The van der Waals surface area contributed by atoms with Crippen LogP contribution in [0, 0.1) is 5.92 Å². The monoisotopic (exact) mass is 302 g/mol. The molecule has 4 nitrogen and oxygen atoms in total. The molecule has 0 bridgehead atoms. The second-order valence-corrected chi connectivity index (χ2v) is 6.35. The van der Waals surface area contributed by atoms with E-state index in [-0.39, 0.29) is 5.92 Å². The van der Waals surface area contributed by atoms with Gasteiger partial charge in [0.25, 0.3) is 0 Å². The third-order valence-corrected chi connectivity index (χ3v) is 4.93. The highest BCUT2D eigenvalue weighted by Gasteiger charge is 2.29. The summed E-state index contributed by atoms with van der Waals surface area (Å²) in [5.74, 6) is 1.51. The Hall–Kier alpha value is -1.71. The number of amides is 1. The number of hydrogen-bond donors (Lipinski definition) is 0. The van der Waals surface area contributed by atoms with Gasteiger partial charge in [-0.25, -0.2) is 0 Å². The lowest BCUT2D eigenvalue weighted by molar-refractivity contribution is -0.137. The first-order chi connectivity index (χ1) is 10.8. The minimum absolute atomic E-state index is 0.222. The van der Waals surface area contributed by atoms with Gasteiger partial charge in [-0.2, -0.15) is 0 Å². The van der Waals surface area contributed by atoms with Crippen LogP contribution in [0.1, 0.15) is 32.1 Å². The third-order valence-electron chi connectivity index (χ3n) is 4.93. The molecule has 22 heavy (non-hydrogen) atoms. The molecule has 0 radical (unpaired) electrons. The van der Waals surface area contributed by atoms with Crippen LogP contribution in [0.4, 0.5) is 5.69 Å². The first kappa shape index (κ1) is 15.2. The van der Waals surface area contributed by atoms with Gasteiger partial charge in [-0.15, -0.1) is 0 Å². The van der Waals surface area contributed by atoms with Crippen LogP contribution in [0.2, 0.25) is 0 Å². The van der Waals surface area contributed by atoms with Crippen molar-refractivity contribution in [1.82, 2.24) is 4.90 Å². The molecule has 0 atom stereocenters. The van der Waals surface area contributed by atoms with Crippen molar-refractivity contribution < 1.29 is 9.53 Å². The Morgan fingerprint density at radius 2 is 1.82 bits per heavy atom. The Bertz CT molecular complexity index is 504. The molecule has 1 amide bonds. The summed E-state index contributed by atoms with van der Waals surface area (Å²) in [6.45, 7) is 3.85. The highest BCUT2D eigenvalue weighted by Crippen LogP contribution is 2.27. The van der Waals surface area contributed by atoms with Crippen molar-refractivity contribution >= 4 is 11.6 Å². The molecule has 4 heteroatoms. The fraction of sp³-hybridized carbons (Fsp3) is 0.611. The lowest BCUT2D eigenvalue weighted by atomic mass is 9.94. The molecular formula is C18H26N2O2. The molecule has 2 saturated heterocycles. The highest BCUT2D eigenvalue weighted by atomic mass is 16.5. The van der Waals surface area contributed by atoms with Gasteiger partial charge in [-0.3, -0.25) is 4.79 Å². The van der Waals surface area contributed by atoms with E-state index in [1.807, 2.05) is 12.1 Å². The van der Waals surface area contributed by atoms with E-state index in [1.54, 1.807) is 7.11 Å². The van der Waals surface area contributed by atoms with E-state index in [1.165, 1.54) is 24.9 Å². The number of methoxy groups -OCH3 is 1. The predicted molar refractivity (Wildman–Crippen MR) is 88.4 cm³/mol. The number of piperidine rings is 2. The van der Waals surface area contributed by atoms with Crippen molar-refractivity contribution in [3.05, 3.63) is 24.3 Å². The minimum Gasteiger partial charge on any atom is -0.497 e. The molecule has 0 aliphatic carbocycles. The van der Waals surface area contributed by atoms with Crippen molar-refractivity contribution in [2.75, 3.05) is 38.2 Å². The SMILES string of the molecule is COc1cccc(N2CCC(C(=O)N3CCCCC3)CC2)c1. The molecule has 0 N–H and O–H groups in total. The number of anilines is 1. The smallest absolute Gasteiger partial charge is 0.225 e. The number of hydrogen-bond acceptors (Lipinski definition) is 3. The largest absolute Gasteiger partial charge is 0.497 e. The highest BCUT2D eigenvalue weighted by molar-refractivity contribution is 5.79. The number of ether oxygens (including phenoxy) is 1. The summed E-state index contributed by atoms with van der Waals surface area (Å²) in [6, 6.07) is 8.19. The van der Waals surface area contributed by atoms with E-state index >= 15 is 0 Å². The summed E-state index contributed by atoms with van der Waals surface area (Å²) in [5.41, 5.74) is 1.20. The molecule has 0 unspecified atom stereocenters. The number of nitrogens with zero attached hydrogens (tertiary/aromatic N) is 2. The Morgan fingerprint density at radius 1 is 1.09 bits per heavy atom. The molecule has 3 rings (SSSR count). The van der Waals surface area contributed by atoms with Crippen LogP contribution >= 0.6 is 0 Å². The van der Waals surface area contributed by atoms with Gasteiger partial charge in [0, 0.05) is 43.9 Å². The molecule has 120 valence electrons. The average Bonchev–Trinajstić information content (AvgIpc) is 2.62. The zero-order valence-corrected chi connectivity index (χ0v) is 13.5. The van der Waals surface area contributed by atoms with E-state index in [0.29, 0.717) is 5.91 Å². The number of carbonyl (C=O) groups is 1. The number of rotatable bonds is 3. The molecule has 2 aliphatic rings. The molecule has 0 saturated carbocycles. The summed E-state index contributed by atoms with van der Waals surface area (Å²) in [6.07, 6.45) is 5.56. The fourth-order valence-electron chi connectivity index (χ4n) is 3.56. The van der Waals surface area contributed by atoms with Gasteiger partial charge in [-0.05, 0) is 44.2 Å². The van der Waals surface area contributed by atoms with Gasteiger partial charge < -0.3 is 14.5 Å². The van der Waals surface area contributed by atoms with Gasteiger partial charge in [0.15, 0.2) is 0 Å². The quantitative estimate of drug-likeness (QED) is 0.860. The Labute approximate surface area is 133 Å². The second-order valence-electron chi connectivity index (χ2n) is 6.35. The van der Waals surface area contributed by atoms with Gasteiger partial charge >= 0.3 is 0 Å². The number of benzene rings is 1. The third kappa shape index (κ3) is 3.37. The van der Waals surface area contributed by atoms with Crippen LogP contribution in [-0.4, -0.2) is 44.1 Å². The van der Waals surface area contributed by atoms with E-state index in [2.05, 4.69) is 21.9 Å². The first-order valence-corrected chi connectivity index (χ1v) is 8.46. The van der Waals surface area contributed by atoms with Crippen LogP contribution in [-0.2, 0) is 4.79 Å². The van der Waals surface area contributed by atoms with Crippen LogP contribution < -0.4 is 9.64 Å². The fourth-order valence-corrected chi connectivity index (χ4v) is 3.56. The Kier molecular flexibility index (Phi) is 4.86. The van der Waals surface area contributed by atoms with Gasteiger partial charge in [0.1, 0.15) is 5.75 Å². The van der Waals surface area contributed by atoms with Crippen molar-refractivity contribution in [3.63, 3.8) is 0 Å². The average molecular weight is 302 g/mol. The minimum atomic E-state index is 0.222. The molecule has 0 aromatic heterocycles. The van der Waals surface area contributed by atoms with Crippen molar-refractivity contribution in [3.8, 4) is 5.75 Å². The van der Waals surface area contributed by atoms with Crippen LogP contribution in [0.3, 0.4) is 0 Å². The molecule has 2 fully saturated rings. The van der Waals surface area contributed by atoms with E-state index in [9.17, 15) is 4.79 Å². The Balaban J connectivity index is 1.56. The maximum absolute atomic E-state index is 12.6. The summed E-state index contributed by atoms with van der Waals surface area (Å²) < 4.78 is 5.30. The first-order valence-electron chi connectivity index (χ1n) is 8.46. The summed E-state index contributed by atoms with van der Waals surface area (Å²) in [4.78, 5) is 17.0. The summed E-state index contributed by atoms with van der Waals surface area (Å²) in [7, 11) is 1.70. The van der Waals surface area contributed by atoms with Crippen molar-refractivity contribution in [2.24, 2.45) is 5.92 Å².